The van der Waals surface area contributed by atoms with Crippen LogP contribution in [0.5, 0.6) is 0 Å². The molecule has 0 radical (unpaired) electrons. The number of rotatable bonds is 4. The van der Waals surface area contributed by atoms with Crippen molar-refractivity contribution in [3.63, 3.8) is 0 Å². The van der Waals surface area contributed by atoms with Gasteiger partial charge in [0.25, 0.3) is 6.43 Å². The summed E-state index contributed by atoms with van der Waals surface area (Å²) in [5.41, 5.74) is 1.20. The van der Waals surface area contributed by atoms with Crippen molar-refractivity contribution in [1.82, 2.24) is 0 Å². The highest BCUT2D eigenvalue weighted by atomic mass is 35.5. The molecule has 0 aliphatic rings. The summed E-state index contributed by atoms with van der Waals surface area (Å²) in [5, 5.41) is 9.21. The molecule has 0 fully saturated rings. The first-order valence-corrected chi connectivity index (χ1v) is 4.81. The molecule has 1 N–H and O–H groups in total. The Morgan fingerprint density at radius 1 is 1.47 bits per heavy atom. The number of aliphatic hydroxyl groups is 1. The van der Waals surface area contributed by atoms with Crippen LogP contribution in [0, 0.1) is 0 Å². The molecule has 2 nitrogen and oxygen atoms in total. The molecule has 0 aromatic heterocycles. The maximum atomic E-state index is 12.1. The average molecular weight is 236 g/mol. The van der Waals surface area contributed by atoms with Crippen molar-refractivity contribution in [2.24, 2.45) is 0 Å². The Morgan fingerprint density at radius 3 is 2.60 bits per heavy atom. The van der Waals surface area contributed by atoms with Crippen LogP contribution < -0.4 is 4.90 Å². The number of alkyl halides is 2. The van der Waals surface area contributed by atoms with Crippen molar-refractivity contribution in [3.8, 4) is 0 Å². The molecule has 1 aromatic rings. The lowest BCUT2D eigenvalue weighted by Gasteiger charge is -2.20. The van der Waals surface area contributed by atoms with Gasteiger partial charge in [0.05, 0.1) is 23.9 Å². The first-order chi connectivity index (χ1) is 7.04. The van der Waals surface area contributed by atoms with Crippen LogP contribution in [0.25, 0.3) is 0 Å². The second kappa shape index (κ2) is 5.28. The highest BCUT2D eigenvalue weighted by Gasteiger charge is 2.11. The smallest absolute Gasteiger partial charge is 0.255 e. The molecule has 0 unspecified atom stereocenters. The molecule has 0 aliphatic heterocycles. The van der Waals surface area contributed by atoms with Crippen LogP contribution in [0.15, 0.2) is 18.2 Å². The van der Waals surface area contributed by atoms with Gasteiger partial charge in [0.15, 0.2) is 0 Å². The van der Waals surface area contributed by atoms with E-state index in [9.17, 15) is 8.78 Å². The first-order valence-electron chi connectivity index (χ1n) is 4.43. The summed E-state index contributed by atoms with van der Waals surface area (Å²) < 4.78 is 24.2. The Bertz CT molecular complexity index is 333. The highest BCUT2D eigenvalue weighted by molar-refractivity contribution is 6.33. The minimum Gasteiger partial charge on any atom is -0.392 e. The van der Waals surface area contributed by atoms with E-state index in [0.29, 0.717) is 16.3 Å². The molecule has 0 saturated carbocycles. The molecule has 0 aliphatic carbocycles. The lowest BCUT2D eigenvalue weighted by Crippen LogP contribution is -2.24. The third kappa shape index (κ3) is 3.32. The maximum absolute atomic E-state index is 12.1. The monoisotopic (exact) mass is 235 g/mol. The number of hydrogen-bond donors (Lipinski definition) is 1. The normalized spacial score (nSPS) is 10.8. The fourth-order valence-electron chi connectivity index (χ4n) is 1.26. The Labute approximate surface area is 92.1 Å². The van der Waals surface area contributed by atoms with Crippen molar-refractivity contribution in [1.29, 1.82) is 0 Å². The molecule has 84 valence electrons. The van der Waals surface area contributed by atoms with Gasteiger partial charge in [-0.25, -0.2) is 8.78 Å². The van der Waals surface area contributed by atoms with E-state index in [4.69, 9.17) is 16.7 Å². The Hall–Kier alpha value is -0.870. The number of halogens is 3. The summed E-state index contributed by atoms with van der Waals surface area (Å²) in [6.45, 7) is -0.475. The van der Waals surface area contributed by atoms with Crippen LogP contribution in [0.4, 0.5) is 14.5 Å². The lowest BCUT2D eigenvalue weighted by molar-refractivity contribution is 0.156. The summed E-state index contributed by atoms with van der Waals surface area (Å²) in [6, 6.07) is 4.85. The second-order valence-corrected chi connectivity index (χ2v) is 3.62. The standard InChI is InChI=1S/C10H12ClF2NO/c1-14(5-10(12)13)9-3-2-7(6-15)4-8(9)11/h2-4,10,15H,5-6H2,1H3. The van der Waals surface area contributed by atoms with E-state index in [-0.39, 0.29) is 13.2 Å². The van der Waals surface area contributed by atoms with E-state index in [1.165, 1.54) is 4.90 Å². The van der Waals surface area contributed by atoms with Crippen molar-refractivity contribution >= 4 is 17.3 Å². The predicted octanol–water partition coefficient (Wildman–Crippen LogP) is 2.53. The zero-order valence-electron chi connectivity index (χ0n) is 8.25. The SMILES string of the molecule is CN(CC(F)F)c1ccc(CO)cc1Cl. The number of nitrogens with zero attached hydrogens (tertiary/aromatic N) is 1. The summed E-state index contributed by atoms with van der Waals surface area (Å²) in [6.07, 6.45) is -2.40. The average Bonchev–Trinajstić information content (AvgIpc) is 2.16. The first kappa shape index (κ1) is 12.2. The molecular formula is C10H12ClF2NO. The van der Waals surface area contributed by atoms with Crippen LogP contribution in [0.2, 0.25) is 5.02 Å². The van der Waals surface area contributed by atoms with E-state index in [1.54, 1.807) is 25.2 Å². The van der Waals surface area contributed by atoms with Crippen LogP contribution in [0.3, 0.4) is 0 Å². The molecule has 0 amide bonds. The predicted molar refractivity (Wildman–Crippen MR) is 56.6 cm³/mol. The van der Waals surface area contributed by atoms with E-state index in [1.807, 2.05) is 0 Å². The Kier molecular flexibility index (Phi) is 4.29. The summed E-state index contributed by atoms with van der Waals surface area (Å²) in [7, 11) is 1.55. The maximum Gasteiger partial charge on any atom is 0.255 e. The molecule has 0 spiro atoms. The quantitative estimate of drug-likeness (QED) is 0.867. The minimum absolute atomic E-state index is 0.113. The van der Waals surface area contributed by atoms with Gasteiger partial charge in [-0.05, 0) is 17.7 Å². The van der Waals surface area contributed by atoms with Crippen molar-refractivity contribution in [2.75, 3.05) is 18.5 Å². The molecule has 0 bridgehead atoms. The zero-order valence-corrected chi connectivity index (χ0v) is 9.01. The molecule has 5 heteroatoms. The van der Waals surface area contributed by atoms with Crippen LogP contribution in [-0.2, 0) is 6.61 Å². The number of hydrogen-bond acceptors (Lipinski definition) is 2. The van der Waals surface area contributed by atoms with Gasteiger partial charge in [0.2, 0.25) is 0 Å². The Morgan fingerprint density at radius 2 is 2.13 bits per heavy atom. The molecular weight excluding hydrogens is 224 g/mol. The third-order valence-electron chi connectivity index (χ3n) is 2.02. The topological polar surface area (TPSA) is 23.5 Å². The molecule has 0 saturated heterocycles. The van der Waals surface area contributed by atoms with E-state index in [0.717, 1.165) is 0 Å². The second-order valence-electron chi connectivity index (χ2n) is 3.22. The summed E-state index contributed by atoms with van der Waals surface area (Å²) in [4.78, 5) is 1.38. The van der Waals surface area contributed by atoms with Gasteiger partial charge >= 0.3 is 0 Å². The fourth-order valence-corrected chi connectivity index (χ4v) is 1.61. The number of aliphatic hydroxyl groups excluding tert-OH is 1. The number of anilines is 1. The van der Waals surface area contributed by atoms with E-state index in [2.05, 4.69) is 0 Å². The summed E-state index contributed by atoms with van der Waals surface area (Å²) >= 11 is 5.89. The molecule has 1 rings (SSSR count). The molecule has 15 heavy (non-hydrogen) atoms. The van der Waals surface area contributed by atoms with E-state index >= 15 is 0 Å². The molecule has 0 heterocycles. The summed E-state index contributed by atoms with van der Waals surface area (Å²) in [5.74, 6) is 0. The zero-order chi connectivity index (χ0) is 11.4. The molecule has 1 aromatic carbocycles. The van der Waals surface area contributed by atoms with Crippen molar-refractivity contribution < 1.29 is 13.9 Å². The molecule has 0 atom stereocenters. The third-order valence-corrected chi connectivity index (χ3v) is 2.32. The van der Waals surface area contributed by atoms with Gasteiger partial charge in [0, 0.05) is 7.05 Å². The van der Waals surface area contributed by atoms with Gasteiger partial charge in [0.1, 0.15) is 0 Å². The van der Waals surface area contributed by atoms with Gasteiger partial charge in [-0.3, -0.25) is 0 Å². The van der Waals surface area contributed by atoms with Crippen molar-refractivity contribution in [3.05, 3.63) is 28.8 Å². The van der Waals surface area contributed by atoms with E-state index < -0.39 is 6.43 Å². The van der Waals surface area contributed by atoms with Gasteiger partial charge in [-0.15, -0.1) is 0 Å². The lowest BCUT2D eigenvalue weighted by atomic mass is 10.2. The number of benzene rings is 1. The van der Waals surface area contributed by atoms with Gasteiger partial charge in [-0.2, -0.15) is 0 Å². The van der Waals surface area contributed by atoms with Gasteiger partial charge in [-0.1, -0.05) is 17.7 Å². The van der Waals surface area contributed by atoms with Gasteiger partial charge < -0.3 is 10.0 Å². The van der Waals surface area contributed by atoms with Crippen LogP contribution in [0.1, 0.15) is 5.56 Å². The highest BCUT2D eigenvalue weighted by Crippen LogP contribution is 2.26. The van der Waals surface area contributed by atoms with Crippen LogP contribution >= 0.6 is 11.6 Å². The largest absolute Gasteiger partial charge is 0.392 e. The van der Waals surface area contributed by atoms with Crippen LogP contribution in [-0.4, -0.2) is 25.1 Å². The van der Waals surface area contributed by atoms with Crippen molar-refractivity contribution in [2.45, 2.75) is 13.0 Å². The Balaban J connectivity index is 2.85. The fraction of sp³-hybridized carbons (Fsp3) is 0.400. The minimum atomic E-state index is -2.40.